The molecule has 0 fully saturated rings. The summed E-state index contributed by atoms with van der Waals surface area (Å²) in [7, 11) is 0. The van der Waals surface area contributed by atoms with Crippen molar-refractivity contribution in [3.63, 3.8) is 0 Å². The molecule has 0 spiro atoms. The highest BCUT2D eigenvalue weighted by Gasteiger charge is 2.18. The van der Waals surface area contributed by atoms with Gasteiger partial charge in [-0.1, -0.05) is 41.1 Å². The summed E-state index contributed by atoms with van der Waals surface area (Å²) in [6, 6.07) is 11.7. The number of halogens is 1. The van der Waals surface area contributed by atoms with Gasteiger partial charge in [-0.15, -0.1) is 11.3 Å². The molecule has 8 heteroatoms. The Bertz CT molecular complexity index is 1360. The molecule has 0 aliphatic heterocycles. The van der Waals surface area contributed by atoms with E-state index >= 15 is 0 Å². The van der Waals surface area contributed by atoms with Gasteiger partial charge in [-0.2, -0.15) is 4.99 Å². The summed E-state index contributed by atoms with van der Waals surface area (Å²) in [4.78, 5) is 30.4. The number of aromatic nitrogens is 1. The molecule has 2 aromatic heterocycles. The van der Waals surface area contributed by atoms with E-state index in [1.807, 2.05) is 50.2 Å². The van der Waals surface area contributed by atoms with Crippen LogP contribution in [0.1, 0.15) is 27.7 Å². The standard InChI is InChI=1S/C22H19ClN2O3S2/c1-4-28-18(26)11-25-15-9-12(2)13(3)10-17(15)30-22(25)24-21(27)20-19(23)14-7-5-6-8-16(14)29-20/h5-10H,4,11H2,1-3H3. The monoisotopic (exact) mass is 458 g/mol. The number of hydrogen-bond donors (Lipinski definition) is 0. The molecule has 0 atom stereocenters. The molecule has 1 amide bonds. The summed E-state index contributed by atoms with van der Waals surface area (Å²) < 4.78 is 8.75. The smallest absolute Gasteiger partial charge is 0.326 e. The Morgan fingerprint density at radius 2 is 1.83 bits per heavy atom. The van der Waals surface area contributed by atoms with Gasteiger partial charge < -0.3 is 9.30 Å². The van der Waals surface area contributed by atoms with Gasteiger partial charge in [0.15, 0.2) is 4.80 Å². The maximum absolute atomic E-state index is 13.0. The number of nitrogens with zero attached hydrogens (tertiary/aromatic N) is 2. The number of carbonyl (C=O) groups is 2. The first-order valence-corrected chi connectivity index (χ1v) is 11.4. The second-order valence-electron chi connectivity index (χ2n) is 6.84. The summed E-state index contributed by atoms with van der Waals surface area (Å²) >= 11 is 9.15. The van der Waals surface area contributed by atoms with Gasteiger partial charge in [0, 0.05) is 10.1 Å². The van der Waals surface area contributed by atoms with Crippen LogP contribution >= 0.6 is 34.3 Å². The minimum absolute atomic E-state index is 0.0113. The molecule has 0 N–H and O–H groups in total. The second kappa shape index (κ2) is 8.34. The summed E-state index contributed by atoms with van der Waals surface area (Å²) in [5.41, 5.74) is 3.09. The van der Waals surface area contributed by atoms with Crippen molar-refractivity contribution in [1.82, 2.24) is 4.57 Å². The van der Waals surface area contributed by atoms with E-state index in [1.54, 1.807) is 11.5 Å². The number of carbonyl (C=O) groups excluding carboxylic acids is 2. The molecule has 2 aromatic carbocycles. The van der Waals surface area contributed by atoms with Crippen LogP contribution < -0.4 is 4.80 Å². The zero-order valence-electron chi connectivity index (χ0n) is 16.7. The number of hydrogen-bond acceptors (Lipinski definition) is 5. The van der Waals surface area contributed by atoms with Crippen molar-refractivity contribution in [1.29, 1.82) is 0 Å². The van der Waals surface area contributed by atoms with Crippen molar-refractivity contribution in [2.24, 2.45) is 4.99 Å². The lowest BCUT2D eigenvalue weighted by Gasteiger charge is -2.06. The molecule has 4 rings (SSSR count). The predicted octanol–water partition coefficient (Wildman–Crippen LogP) is 5.49. The molecule has 0 bridgehead atoms. The van der Waals surface area contributed by atoms with E-state index in [9.17, 15) is 9.59 Å². The van der Waals surface area contributed by atoms with Crippen molar-refractivity contribution in [2.45, 2.75) is 27.3 Å². The maximum Gasteiger partial charge on any atom is 0.326 e. The van der Waals surface area contributed by atoms with Crippen LogP contribution in [0, 0.1) is 13.8 Å². The third-order valence-electron chi connectivity index (χ3n) is 4.82. The summed E-state index contributed by atoms with van der Waals surface area (Å²) in [5.74, 6) is -0.789. The average molecular weight is 459 g/mol. The van der Waals surface area contributed by atoms with Crippen LogP contribution in [-0.2, 0) is 16.1 Å². The molecule has 30 heavy (non-hydrogen) atoms. The largest absolute Gasteiger partial charge is 0.465 e. The van der Waals surface area contributed by atoms with Crippen LogP contribution in [0.3, 0.4) is 0 Å². The zero-order valence-corrected chi connectivity index (χ0v) is 19.1. The Labute approximate surface area is 186 Å². The third kappa shape index (κ3) is 3.80. The Hall–Kier alpha value is -2.48. The van der Waals surface area contributed by atoms with Crippen molar-refractivity contribution >= 4 is 66.5 Å². The lowest BCUT2D eigenvalue weighted by atomic mass is 10.1. The molecule has 0 unspecified atom stereocenters. The van der Waals surface area contributed by atoms with E-state index in [1.165, 1.54) is 22.7 Å². The molecule has 0 aliphatic carbocycles. The van der Waals surface area contributed by atoms with Gasteiger partial charge in [0.2, 0.25) is 0 Å². The number of aryl methyl sites for hydroxylation is 2. The number of rotatable bonds is 4. The summed E-state index contributed by atoms with van der Waals surface area (Å²) in [5, 5.41) is 1.25. The molecule has 4 aromatic rings. The molecule has 0 aliphatic rings. The van der Waals surface area contributed by atoms with Crippen molar-refractivity contribution in [3.8, 4) is 0 Å². The van der Waals surface area contributed by atoms with E-state index in [0.717, 1.165) is 31.4 Å². The van der Waals surface area contributed by atoms with Gasteiger partial charge in [-0.3, -0.25) is 9.59 Å². The van der Waals surface area contributed by atoms with Crippen LogP contribution in [0.15, 0.2) is 41.4 Å². The van der Waals surface area contributed by atoms with Gasteiger partial charge in [0.1, 0.15) is 11.4 Å². The molecular weight excluding hydrogens is 440 g/mol. The molecule has 0 saturated carbocycles. The number of benzene rings is 2. The van der Waals surface area contributed by atoms with E-state index in [0.29, 0.717) is 21.3 Å². The first-order chi connectivity index (χ1) is 14.4. The van der Waals surface area contributed by atoms with Crippen LogP contribution in [0.25, 0.3) is 20.3 Å². The fourth-order valence-corrected chi connectivity index (χ4v) is 5.69. The zero-order chi connectivity index (χ0) is 21.4. The van der Waals surface area contributed by atoms with Crippen LogP contribution in [0.2, 0.25) is 5.02 Å². The Kier molecular flexibility index (Phi) is 5.77. The van der Waals surface area contributed by atoms with Crippen molar-refractivity contribution in [2.75, 3.05) is 6.61 Å². The number of esters is 1. The first kappa shape index (κ1) is 20.8. The highest BCUT2D eigenvalue weighted by molar-refractivity contribution is 7.21. The maximum atomic E-state index is 13.0. The number of ether oxygens (including phenoxy) is 1. The fourth-order valence-electron chi connectivity index (χ4n) is 3.18. The SMILES string of the molecule is CCOC(=O)Cn1c(=NC(=O)c2sc3ccccc3c2Cl)sc2cc(C)c(C)cc21. The highest BCUT2D eigenvalue weighted by atomic mass is 35.5. The first-order valence-electron chi connectivity index (χ1n) is 9.41. The van der Waals surface area contributed by atoms with Gasteiger partial charge in [0.05, 0.1) is 21.8 Å². The Morgan fingerprint density at radius 3 is 2.57 bits per heavy atom. The Morgan fingerprint density at radius 1 is 1.10 bits per heavy atom. The summed E-state index contributed by atoms with van der Waals surface area (Å²) in [6.07, 6.45) is 0. The Balaban J connectivity index is 1.87. The minimum atomic E-state index is -0.418. The van der Waals surface area contributed by atoms with Crippen LogP contribution in [-0.4, -0.2) is 23.1 Å². The lowest BCUT2D eigenvalue weighted by molar-refractivity contribution is -0.143. The van der Waals surface area contributed by atoms with Gasteiger partial charge >= 0.3 is 5.97 Å². The normalized spacial score (nSPS) is 12.1. The van der Waals surface area contributed by atoms with E-state index < -0.39 is 5.91 Å². The quantitative estimate of drug-likeness (QED) is 0.380. The predicted molar refractivity (Wildman–Crippen MR) is 123 cm³/mol. The van der Waals surface area contributed by atoms with Crippen LogP contribution in [0.4, 0.5) is 0 Å². The van der Waals surface area contributed by atoms with Crippen molar-refractivity contribution < 1.29 is 14.3 Å². The van der Waals surface area contributed by atoms with Gasteiger partial charge in [-0.05, 0) is 50.1 Å². The summed E-state index contributed by atoms with van der Waals surface area (Å²) in [6.45, 7) is 6.09. The number of amides is 1. The molecule has 154 valence electrons. The topological polar surface area (TPSA) is 60.7 Å². The lowest BCUT2D eigenvalue weighted by Crippen LogP contribution is -2.23. The average Bonchev–Trinajstić information content (AvgIpc) is 3.21. The van der Waals surface area contributed by atoms with Crippen LogP contribution in [0.5, 0.6) is 0 Å². The van der Waals surface area contributed by atoms with E-state index in [-0.39, 0.29) is 12.5 Å². The highest BCUT2D eigenvalue weighted by Crippen LogP contribution is 2.35. The fraction of sp³-hybridized carbons (Fsp3) is 0.227. The van der Waals surface area contributed by atoms with Crippen molar-refractivity contribution in [3.05, 3.63) is 62.2 Å². The number of thiazole rings is 1. The number of thiophene rings is 1. The van der Waals surface area contributed by atoms with E-state index in [4.69, 9.17) is 16.3 Å². The molecule has 5 nitrogen and oxygen atoms in total. The molecule has 0 saturated heterocycles. The van der Waals surface area contributed by atoms with E-state index in [2.05, 4.69) is 4.99 Å². The van der Waals surface area contributed by atoms with Gasteiger partial charge in [0.25, 0.3) is 5.91 Å². The van der Waals surface area contributed by atoms with Gasteiger partial charge in [-0.25, -0.2) is 0 Å². The third-order valence-corrected chi connectivity index (χ3v) is 7.52. The minimum Gasteiger partial charge on any atom is -0.465 e. The number of fused-ring (bicyclic) bond motifs is 2. The second-order valence-corrected chi connectivity index (χ2v) is 9.28. The molecule has 0 radical (unpaired) electrons. The molecule has 2 heterocycles. The molecular formula is C22H19ClN2O3S2.